The van der Waals surface area contributed by atoms with Crippen molar-refractivity contribution in [2.24, 2.45) is 4.99 Å². The number of hydrogen-bond donors (Lipinski definition) is 2. The zero-order valence-corrected chi connectivity index (χ0v) is 17.0. The Kier molecular flexibility index (Phi) is 9.75. The molecule has 1 amide bonds. The second-order valence-corrected chi connectivity index (χ2v) is 5.73. The number of guanidine groups is 1. The van der Waals surface area contributed by atoms with Gasteiger partial charge in [0.05, 0.1) is 0 Å². The predicted molar refractivity (Wildman–Crippen MR) is 110 cm³/mol. The molecule has 6 heteroatoms. The molecule has 0 fully saturated rings. The fraction of sp³-hybridized carbons (Fsp3) is 0.556. The number of fused-ring (bicyclic) bond motifs is 1. The maximum absolute atomic E-state index is 12.4. The van der Waals surface area contributed by atoms with Gasteiger partial charge in [0.15, 0.2) is 5.96 Å². The van der Waals surface area contributed by atoms with Gasteiger partial charge in [-0.2, -0.15) is 0 Å². The molecule has 1 aliphatic heterocycles. The topological polar surface area (TPSA) is 56.7 Å². The number of aliphatic imine (C=N–C) groups is 1. The quantitative estimate of drug-likeness (QED) is 0.307. The summed E-state index contributed by atoms with van der Waals surface area (Å²) in [5.74, 6) is 1.07. The van der Waals surface area contributed by atoms with Crippen LogP contribution in [0.3, 0.4) is 0 Å². The van der Waals surface area contributed by atoms with Gasteiger partial charge < -0.3 is 15.5 Å². The first kappa shape index (κ1) is 20.7. The van der Waals surface area contributed by atoms with Crippen molar-refractivity contribution >= 4 is 35.8 Å². The molecule has 1 aromatic carbocycles. The highest BCUT2D eigenvalue weighted by molar-refractivity contribution is 14.0. The van der Waals surface area contributed by atoms with Gasteiger partial charge in [-0.1, -0.05) is 24.3 Å². The zero-order chi connectivity index (χ0) is 16.5. The van der Waals surface area contributed by atoms with Crippen LogP contribution in [0.25, 0.3) is 0 Å². The molecule has 0 spiro atoms. The third-order valence-electron chi connectivity index (χ3n) is 3.99. The van der Waals surface area contributed by atoms with Gasteiger partial charge in [0.2, 0.25) is 5.91 Å². The average Bonchev–Trinajstić information content (AvgIpc) is 2.58. The minimum absolute atomic E-state index is 0. The van der Waals surface area contributed by atoms with Crippen LogP contribution in [0.1, 0.15) is 37.8 Å². The number of nitrogens with zero attached hydrogens (tertiary/aromatic N) is 2. The lowest BCUT2D eigenvalue weighted by molar-refractivity contribution is -0.132. The van der Waals surface area contributed by atoms with Crippen LogP contribution in [0.2, 0.25) is 0 Å². The first-order chi connectivity index (χ1) is 11.2. The van der Waals surface area contributed by atoms with E-state index < -0.39 is 0 Å². The van der Waals surface area contributed by atoms with Crippen LogP contribution in [-0.4, -0.2) is 42.9 Å². The van der Waals surface area contributed by atoms with Crippen molar-refractivity contribution < 1.29 is 4.79 Å². The standard InChI is InChI=1S/C18H28N4O.HI/c1-3-19-18(20-4-2)21-12-7-10-17(23)22-13-11-15-8-5-6-9-16(15)14-22;/h5-6,8-9H,3-4,7,10-14H2,1-2H3,(H2,19,20,21);1H. The molecule has 2 rings (SSSR count). The SMILES string of the molecule is CCNC(=NCCCC(=O)N1CCc2ccccc2C1)NCC.I. The molecule has 0 radical (unpaired) electrons. The Morgan fingerprint density at radius 2 is 1.83 bits per heavy atom. The molecule has 1 aliphatic rings. The number of carbonyl (C=O) groups excluding carboxylic acids is 1. The van der Waals surface area contributed by atoms with Crippen LogP contribution in [0.5, 0.6) is 0 Å². The molecule has 0 aliphatic carbocycles. The molecule has 1 heterocycles. The molecule has 2 N–H and O–H groups in total. The molecule has 0 aromatic heterocycles. The summed E-state index contributed by atoms with van der Waals surface area (Å²) in [7, 11) is 0. The molecule has 5 nitrogen and oxygen atoms in total. The number of hydrogen-bond acceptors (Lipinski definition) is 2. The average molecular weight is 444 g/mol. The van der Waals surface area contributed by atoms with E-state index in [0.29, 0.717) is 13.0 Å². The highest BCUT2D eigenvalue weighted by Crippen LogP contribution is 2.19. The third kappa shape index (κ3) is 6.30. The van der Waals surface area contributed by atoms with Crippen molar-refractivity contribution in [3.8, 4) is 0 Å². The number of benzene rings is 1. The molecule has 0 atom stereocenters. The van der Waals surface area contributed by atoms with Gasteiger partial charge in [0.25, 0.3) is 0 Å². The first-order valence-electron chi connectivity index (χ1n) is 8.61. The van der Waals surface area contributed by atoms with Crippen molar-refractivity contribution in [3.63, 3.8) is 0 Å². The lowest BCUT2D eigenvalue weighted by Gasteiger charge is -2.28. The van der Waals surface area contributed by atoms with Crippen molar-refractivity contribution in [1.29, 1.82) is 0 Å². The Morgan fingerprint density at radius 3 is 2.50 bits per heavy atom. The van der Waals surface area contributed by atoms with E-state index in [1.807, 2.05) is 24.8 Å². The second-order valence-electron chi connectivity index (χ2n) is 5.73. The van der Waals surface area contributed by atoms with Crippen LogP contribution in [-0.2, 0) is 17.8 Å². The van der Waals surface area contributed by atoms with Gasteiger partial charge in [-0.15, -0.1) is 24.0 Å². The van der Waals surface area contributed by atoms with Crippen LogP contribution in [0.4, 0.5) is 0 Å². The number of carbonyl (C=O) groups is 1. The van der Waals surface area contributed by atoms with E-state index in [9.17, 15) is 4.79 Å². The molecule has 1 aromatic rings. The van der Waals surface area contributed by atoms with Crippen molar-refractivity contribution in [1.82, 2.24) is 15.5 Å². The van der Waals surface area contributed by atoms with Crippen molar-refractivity contribution in [2.45, 2.75) is 39.7 Å². The van der Waals surface area contributed by atoms with Gasteiger partial charge in [-0.25, -0.2) is 0 Å². The molecular formula is C18H29IN4O. The molecule has 0 saturated carbocycles. The molecule has 0 unspecified atom stereocenters. The van der Waals surface area contributed by atoms with Crippen molar-refractivity contribution in [2.75, 3.05) is 26.2 Å². The van der Waals surface area contributed by atoms with E-state index in [4.69, 9.17) is 0 Å². The van der Waals surface area contributed by atoms with Gasteiger partial charge in [0.1, 0.15) is 0 Å². The summed E-state index contributed by atoms with van der Waals surface area (Å²) >= 11 is 0. The smallest absolute Gasteiger partial charge is 0.222 e. The fourth-order valence-electron chi connectivity index (χ4n) is 2.80. The first-order valence-corrected chi connectivity index (χ1v) is 8.61. The van der Waals surface area contributed by atoms with Crippen LogP contribution in [0.15, 0.2) is 29.3 Å². The fourth-order valence-corrected chi connectivity index (χ4v) is 2.80. The number of rotatable bonds is 6. The normalized spacial score (nSPS) is 12.7. The Labute approximate surface area is 162 Å². The summed E-state index contributed by atoms with van der Waals surface area (Å²) in [6.45, 7) is 8.04. The summed E-state index contributed by atoms with van der Waals surface area (Å²) in [6, 6.07) is 8.40. The maximum atomic E-state index is 12.4. The van der Waals surface area contributed by atoms with E-state index >= 15 is 0 Å². The second kappa shape index (κ2) is 11.3. The summed E-state index contributed by atoms with van der Waals surface area (Å²) in [4.78, 5) is 18.8. The summed E-state index contributed by atoms with van der Waals surface area (Å²) in [6.07, 6.45) is 2.32. The minimum Gasteiger partial charge on any atom is -0.357 e. The summed E-state index contributed by atoms with van der Waals surface area (Å²) < 4.78 is 0. The zero-order valence-electron chi connectivity index (χ0n) is 14.7. The van der Waals surface area contributed by atoms with E-state index in [2.05, 4.69) is 33.8 Å². The maximum Gasteiger partial charge on any atom is 0.222 e. The Bertz CT molecular complexity index is 540. The van der Waals surface area contributed by atoms with Crippen LogP contribution < -0.4 is 10.6 Å². The number of halogens is 1. The van der Waals surface area contributed by atoms with Gasteiger partial charge >= 0.3 is 0 Å². The number of amides is 1. The van der Waals surface area contributed by atoms with Gasteiger partial charge in [-0.05, 0) is 37.8 Å². The summed E-state index contributed by atoms with van der Waals surface area (Å²) in [5, 5.41) is 6.38. The van der Waals surface area contributed by atoms with Gasteiger partial charge in [0, 0.05) is 39.1 Å². The molecule has 0 saturated heterocycles. The predicted octanol–water partition coefficient (Wildman–Crippen LogP) is 2.54. The minimum atomic E-state index is 0. The van der Waals surface area contributed by atoms with Gasteiger partial charge in [-0.3, -0.25) is 9.79 Å². The molecule has 134 valence electrons. The highest BCUT2D eigenvalue weighted by atomic mass is 127. The van der Waals surface area contributed by atoms with E-state index in [0.717, 1.165) is 45.0 Å². The largest absolute Gasteiger partial charge is 0.357 e. The third-order valence-corrected chi connectivity index (χ3v) is 3.99. The van der Waals surface area contributed by atoms with Crippen LogP contribution >= 0.6 is 24.0 Å². The van der Waals surface area contributed by atoms with E-state index in [-0.39, 0.29) is 29.9 Å². The molecular weight excluding hydrogens is 415 g/mol. The Hall–Kier alpha value is -1.31. The monoisotopic (exact) mass is 444 g/mol. The Balaban J connectivity index is 0.00000288. The number of nitrogens with one attached hydrogen (secondary N) is 2. The van der Waals surface area contributed by atoms with Crippen molar-refractivity contribution in [3.05, 3.63) is 35.4 Å². The molecule has 24 heavy (non-hydrogen) atoms. The summed E-state index contributed by atoms with van der Waals surface area (Å²) in [5.41, 5.74) is 2.66. The lowest BCUT2D eigenvalue weighted by Crippen LogP contribution is -2.37. The van der Waals surface area contributed by atoms with E-state index in [1.165, 1.54) is 11.1 Å². The van der Waals surface area contributed by atoms with Crippen LogP contribution in [0, 0.1) is 0 Å². The molecule has 0 bridgehead atoms. The highest BCUT2D eigenvalue weighted by Gasteiger charge is 2.19. The van der Waals surface area contributed by atoms with E-state index in [1.54, 1.807) is 0 Å². The Morgan fingerprint density at radius 1 is 1.17 bits per heavy atom. The lowest BCUT2D eigenvalue weighted by atomic mass is 9.99.